The van der Waals surface area contributed by atoms with Gasteiger partial charge >= 0.3 is 0 Å². The van der Waals surface area contributed by atoms with Crippen molar-refractivity contribution in [3.05, 3.63) is 106 Å². The van der Waals surface area contributed by atoms with Crippen LogP contribution in [0.5, 0.6) is 0 Å². The van der Waals surface area contributed by atoms with E-state index in [9.17, 15) is 9.59 Å². The zero-order valence-corrected chi connectivity index (χ0v) is 17.0. The molecule has 1 aromatic carbocycles. The number of fused-ring (bicyclic) bond motifs is 3. The van der Waals surface area contributed by atoms with Crippen LogP contribution in [0, 0.1) is 0 Å². The van der Waals surface area contributed by atoms with Crippen molar-refractivity contribution in [2.45, 2.75) is 13.1 Å². The molecule has 5 aromatic rings. The van der Waals surface area contributed by atoms with Crippen molar-refractivity contribution in [1.82, 2.24) is 19.3 Å². The van der Waals surface area contributed by atoms with Crippen molar-refractivity contribution >= 4 is 34.2 Å². The van der Waals surface area contributed by atoms with Crippen molar-refractivity contribution in [1.29, 1.82) is 0 Å². The Balaban J connectivity index is 1.40. The minimum Gasteiger partial charge on any atom is -0.454 e. The van der Waals surface area contributed by atoms with E-state index in [1.807, 2.05) is 40.9 Å². The zero-order valence-electron chi connectivity index (χ0n) is 16.3. The SMILES string of the molecule is O=C(NCc1ccc(Cl)cc1)c1ccc(Cn2c(=O)c3cccn3c3cccnc32)o1. The van der Waals surface area contributed by atoms with E-state index in [4.69, 9.17) is 16.0 Å². The number of pyridine rings is 1. The van der Waals surface area contributed by atoms with Gasteiger partial charge in [-0.1, -0.05) is 23.7 Å². The molecule has 0 radical (unpaired) electrons. The number of halogens is 1. The number of furan rings is 1. The fourth-order valence-corrected chi connectivity index (χ4v) is 3.67. The number of nitrogens with one attached hydrogen (secondary N) is 1. The molecule has 0 saturated carbocycles. The van der Waals surface area contributed by atoms with Crippen LogP contribution in [0.4, 0.5) is 0 Å². The Bertz CT molecular complexity index is 1460. The topological polar surface area (TPSA) is 81.5 Å². The van der Waals surface area contributed by atoms with Crippen LogP contribution < -0.4 is 10.9 Å². The van der Waals surface area contributed by atoms with E-state index in [0.717, 1.165) is 11.1 Å². The molecule has 4 heterocycles. The molecule has 0 fully saturated rings. The highest BCUT2D eigenvalue weighted by molar-refractivity contribution is 6.30. The lowest BCUT2D eigenvalue weighted by Gasteiger charge is -2.10. The van der Waals surface area contributed by atoms with Gasteiger partial charge in [0.05, 0.1) is 12.1 Å². The summed E-state index contributed by atoms with van der Waals surface area (Å²) in [6, 6.07) is 17.8. The van der Waals surface area contributed by atoms with Gasteiger partial charge in [-0.2, -0.15) is 0 Å². The second kappa shape index (κ2) is 7.77. The molecule has 1 N–H and O–H groups in total. The Morgan fingerprint density at radius 3 is 2.68 bits per heavy atom. The van der Waals surface area contributed by atoms with Crippen LogP contribution in [-0.2, 0) is 13.1 Å². The van der Waals surface area contributed by atoms with Crippen LogP contribution in [0.2, 0.25) is 5.02 Å². The number of benzene rings is 1. The fraction of sp³-hybridized carbons (Fsp3) is 0.0870. The maximum atomic E-state index is 13.0. The van der Waals surface area contributed by atoms with Gasteiger partial charge in [0.25, 0.3) is 11.5 Å². The maximum Gasteiger partial charge on any atom is 0.287 e. The van der Waals surface area contributed by atoms with Crippen molar-refractivity contribution in [3.63, 3.8) is 0 Å². The molecule has 0 aliphatic carbocycles. The average Bonchev–Trinajstić information content (AvgIpc) is 3.46. The highest BCUT2D eigenvalue weighted by Gasteiger charge is 2.15. The summed E-state index contributed by atoms with van der Waals surface area (Å²) in [6.45, 7) is 0.517. The van der Waals surface area contributed by atoms with Gasteiger partial charge in [0, 0.05) is 24.0 Å². The first-order chi connectivity index (χ1) is 15.1. The number of hydrogen-bond acceptors (Lipinski definition) is 4. The molecule has 0 aliphatic heterocycles. The number of aromatic nitrogens is 3. The maximum absolute atomic E-state index is 13.0. The van der Waals surface area contributed by atoms with Gasteiger partial charge in [-0.25, -0.2) is 4.98 Å². The fourth-order valence-electron chi connectivity index (χ4n) is 3.54. The van der Waals surface area contributed by atoms with Crippen molar-refractivity contribution in [2.24, 2.45) is 0 Å². The quantitative estimate of drug-likeness (QED) is 0.457. The first-order valence-electron chi connectivity index (χ1n) is 9.66. The van der Waals surface area contributed by atoms with Crippen LogP contribution in [-0.4, -0.2) is 19.9 Å². The van der Waals surface area contributed by atoms with Gasteiger partial charge in [-0.05, 0) is 54.1 Å². The molecule has 0 unspecified atom stereocenters. The zero-order chi connectivity index (χ0) is 21.4. The first kappa shape index (κ1) is 19.1. The van der Waals surface area contributed by atoms with E-state index < -0.39 is 0 Å². The van der Waals surface area contributed by atoms with Crippen molar-refractivity contribution in [2.75, 3.05) is 0 Å². The summed E-state index contributed by atoms with van der Waals surface area (Å²) in [5.74, 6) is 0.332. The molecule has 0 spiro atoms. The Kier molecular flexibility index (Phi) is 4.80. The number of nitrogens with zero attached hydrogens (tertiary/aromatic N) is 3. The van der Waals surface area contributed by atoms with Crippen LogP contribution in [0.25, 0.3) is 16.7 Å². The third kappa shape index (κ3) is 3.60. The highest BCUT2D eigenvalue weighted by Crippen LogP contribution is 2.16. The van der Waals surface area contributed by atoms with Gasteiger partial charge in [-0.15, -0.1) is 0 Å². The van der Waals surface area contributed by atoms with E-state index in [2.05, 4.69) is 10.3 Å². The molecule has 1 amide bonds. The standard InChI is InChI=1S/C23H17ClN4O3/c24-16-7-5-15(6-8-16)13-26-22(29)20-10-9-17(31-20)14-28-21-18(3-1-11-25-21)27-12-2-4-19(27)23(28)30/h1-12H,13-14H2,(H,26,29). The summed E-state index contributed by atoms with van der Waals surface area (Å²) in [4.78, 5) is 29.8. The molecule has 5 rings (SSSR count). The van der Waals surface area contributed by atoms with E-state index in [0.29, 0.717) is 28.5 Å². The lowest BCUT2D eigenvalue weighted by molar-refractivity contribution is 0.0921. The summed E-state index contributed by atoms with van der Waals surface area (Å²) < 4.78 is 9.10. The van der Waals surface area contributed by atoms with Crippen LogP contribution in [0.1, 0.15) is 21.9 Å². The van der Waals surface area contributed by atoms with E-state index in [1.165, 1.54) is 0 Å². The third-order valence-corrected chi connectivity index (χ3v) is 5.31. The molecule has 0 aliphatic rings. The summed E-state index contributed by atoms with van der Waals surface area (Å²) in [5, 5.41) is 3.45. The molecule has 8 heteroatoms. The number of hydrogen-bond donors (Lipinski definition) is 1. The summed E-state index contributed by atoms with van der Waals surface area (Å²) in [6.07, 6.45) is 3.48. The molecule has 0 bridgehead atoms. The van der Waals surface area contributed by atoms with E-state index >= 15 is 0 Å². The van der Waals surface area contributed by atoms with Crippen molar-refractivity contribution < 1.29 is 9.21 Å². The lowest BCUT2D eigenvalue weighted by atomic mass is 10.2. The molecule has 0 saturated heterocycles. The Labute approximate surface area is 181 Å². The molecule has 0 atom stereocenters. The summed E-state index contributed by atoms with van der Waals surface area (Å²) >= 11 is 5.88. The smallest absolute Gasteiger partial charge is 0.287 e. The number of amides is 1. The van der Waals surface area contributed by atoms with E-state index in [-0.39, 0.29) is 23.8 Å². The number of carbonyl (C=O) groups excluding carboxylic acids is 1. The Morgan fingerprint density at radius 2 is 1.84 bits per heavy atom. The summed E-state index contributed by atoms with van der Waals surface area (Å²) in [7, 11) is 0. The Morgan fingerprint density at radius 1 is 1.03 bits per heavy atom. The molecule has 4 aromatic heterocycles. The number of carbonyl (C=O) groups is 1. The number of rotatable bonds is 5. The molecule has 7 nitrogen and oxygen atoms in total. The monoisotopic (exact) mass is 432 g/mol. The minimum atomic E-state index is -0.335. The Hall–Kier alpha value is -3.84. The first-order valence-corrected chi connectivity index (χ1v) is 10.0. The molecule has 154 valence electrons. The van der Waals surface area contributed by atoms with Gasteiger partial charge in [0.15, 0.2) is 11.4 Å². The molecular weight excluding hydrogens is 416 g/mol. The second-order valence-electron chi connectivity index (χ2n) is 7.08. The lowest BCUT2D eigenvalue weighted by Crippen LogP contribution is -2.24. The predicted octanol–water partition coefficient (Wildman–Crippen LogP) is 3.87. The van der Waals surface area contributed by atoms with Gasteiger partial charge in [-0.3, -0.25) is 14.2 Å². The van der Waals surface area contributed by atoms with Gasteiger partial charge in [0.1, 0.15) is 11.3 Å². The normalized spacial score (nSPS) is 11.3. The van der Waals surface area contributed by atoms with E-state index in [1.54, 1.807) is 41.1 Å². The summed E-state index contributed by atoms with van der Waals surface area (Å²) in [5.41, 5.74) is 2.65. The van der Waals surface area contributed by atoms with Crippen molar-refractivity contribution in [3.8, 4) is 0 Å². The minimum absolute atomic E-state index is 0.165. The predicted molar refractivity (Wildman–Crippen MR) is 117 cm³/mol. The largest absolute Gasteiger partial charge is 0.454 e. The van der Waals surface area contributed by atoms with Gasteiger partial charge in [0.2, 0.25) is 0 Å². The molecular formula is C23H17ClN4O3. The van der Waals surface area contributed by atoms with Gasteiger partial charge < -0.3 is 14.1 Å². The van der Waals surface area contributed by atoms with Crippen LogP contribution >= 0.6 is 11.6 Å². The molecule has 31 heavy (non-hydrogen) atoms. The highest BCUT2D eigenvalue weighted by atomic mass is 35.5. The van der Waals surface area contributed by atoms with Crippen LogP contribution in [0.3, 0.4) is 0 Å². The van der Waals surface area contributed by atoms with Crippen LogP contribution in [0.15, 0.2) is 82.3 Å². The third-order valence-electron chi connectivity index (χ3n) is 5.06. The average molecular weight is 433 g/mol. The second-order valence-corrected chi connectivity index (χ2v) is 7.51.